The second-order valence-corrected chi connectivity index (χ2v) is 6.56. The van der Waals surface area contributed by atoms with Crippen molar-refractivity contribution < 1.29 is 19.1 Å². The quantitative estimate of drug-likeness (QED) is 0.679. The number of Topliss-reactive ketones (excluding diaryl/α,β-unsaturated/α-hetero) is 1. The number of urea groups is 1. The summed E-state index contributed by atoms with van der Waals surface area (Å²) in [7, 11) is 1.48. The Bertz CT molecular complexity index is 687. The molecule has 1 spiro atoms. The summed E-state index contributed by atoms with van der Waals surface area (Å²) in [5.74, 6) is -0.0659. The summed E-state index contributed by atoms with van der Waals surface area (Å²) in [5.41, 5.74) is -0.464. The van der Waals surface area contributed by atoms with Gasteiger partial charge < -0.3 is 10.1 Å². The Morgan fingerprint density at radius 3 is 2.79 bits per heavy atom. The number of rotatable bonds is 4. The number of benzene rings is 1. The highest BCUT2D eigenvalue weighted by molar-refractivity contribution is 6.11. The van der Waals surface area contributed by atoms with Crippen molar-refractivity contribution in [1.29, 1.82) is 0 Å². The van der Waals surface area contributed by atoms with Crippen LogP contribution in [0.4, 0.5) is 4.79 Å². The SMILES string of the molecule is COc1ccccc1C(=O)CN1C(=O)N[C@]2(CCCC[C@H]2C)C1=O. The summed E-state index contributed by atoms with van der Waals surface area (Å²) in [6, 6.07) is 6.34. The Labute approximate surface area is 141 Å². The summed E-state index contributed by atoms with van der Waals surface area (Å²) < 4.78 is 5.19. The van der Waals surface area contributed by atoms with E-state index in [0.717, 1.165) is 24.2 Å². The first-order valence-electron chi connectivity index (χ1n) is 8.30. The number of ketones is 1. The molecule has 1 aromatic rings. The van der Waals surface area contributed by atoms with Crippen molar-refractivity contribution in [2.45, 2.75) is 38.1 Å². The number of methoxy groups -OCH3 is 1. The maximum absolute atomic E-state index is 12.9. The zero-order valence-corrected chi connectivity index (χ0v) is 14.0. The van der Waals surface area contributed by atoms with E-state index in [1.165, 1.54) is 7.11 Å². The molecule has 0 aromatic heterocycles. The first kappa shape index (κ1) is 16.5. The molecule has 128 valence electrons. The van der Waals surface area contributed by atoms with Gasteiger partial charge in [0.1, 0.15) is 11.3 Å². The second-order valence-electron chi connectivity index (χ2n) is 6.56. The van der Waals surface area contributed by atoms with Gasteiger partial charge in [0, 0.05) is 0 Å². The van der Waals surface area contributed by atoms with Crippen molar-refractivity contribution >= 4 is 17.7 Å². The standard InChI is InChI=1S/C18H22N2O4/c1-12-7-5-6-10-18(12)16(22)20(17(23)19-18)11-14(21)13-8-3-4-9-15(13)24-2/h3-4,8-9,12H,5-7,10-11H2,1-2H3,(H,19,23)/t12-,18+/m1/s1. The third kappa shape index (κ3) is 2.56. The van der Waals surface area contributed by atoms with E-state index in [2.05, 4.69) is 5.32 Å². The van der Waals surface area contributed by atoms with E-state index in [0.29, 0.717) is 17.7 Å². The predicted molar refractivity (Wildman–Crippen MR) is 87.9 cm³/mol. The van der Waals surface area contributed by atoms with Crippen LogP contribution in [-0.4, -0.2) is 41.8 Å². The third-order valence-electron chi connectivity index (χ3n) is 5.21. The van der Waals surface area contributed by atoms with Gasteiger partial charge in [0.2, 0.25) is 0 Å². The van der Waals surface area contributed by atoms with Crippen LogP contribution in [0.5, 0.6) is 5.75 Å². The number of carbonyl (C=O) groups excluding carboxylic acids is 3. The summed E-state index contributed by atoms with van der Waals surface area (Å²) in [5, 5.41) is 2.86. The van der Waals surface area contributed by atoms with Crippen LogP contribution in [0.1, 0.15) is 43.0 Å². The van der Waals surface area contributed by atoms with Crippen LogP contribution in [0.2, 0.25) is 0 Å². The average molecular weight is 330 g/mol. The van der Waals surface area contributed by atoms with Gasteiger partial charge in [0.15, 0.2) is 5.78 Å². The fraction of sp³-hybridized carbons (Fsp3) is 0.500. The second kappa shape index (κ2) is 6.26. The molecule has 24 heavy (non-hydrogen) atoms. The van der Waals surface area contributed by atoms with Gasteiger partial charge in [0.05, 0.1) is 19.2 Å². The number of carbonyl (C=O) groups is 3. The van der Waals surface area contributed by atoms with E-state index in [1.807, 2.05) is 6.92 Å². The van der Waals surface area contributed by atoms with E-state index in [9.17, 15) is 14.4 Å². The van der Waals surface area contributed by atoms with Gasteiger partial charge in [-0.3, -0.25) is 14.5 Å². The van der Waals surface area contributed by atoms with Gasteiger partial charge in [-0.15, -0.1) is 0 Å². The Morgan fingerprint density at radius 1 is 1.33 bits per heavy atom. The molecule has 1 saturated heterocycles. The molecule has 6 nitrogen and oxygen atoms in total. The zero-order valence-electron chi connectivity index (χ0n) is 14.0. The molecule has 3 amide bonds. The molecular weight excluding hydrogens is 308 g/mol. The Morgan fingerprint density at radius 2 is 2.08 bits per heavy atom. The van der Waals surface area contributed by atoms with Crippen LogP contribution in [0, 0.1) is 5.92 Å². The molecule has 1 heterocycles. The summed E-state index contributed by atoms with van der Waals surface area (Å²) >= 11 is 0. The molecule has 1 aliphatic heterocycles. The topological polar surface area (TPSA) is 75.7 Å². The van der Waals surface area contributed by atoms with Crippen LogP contribution < -0.4 is 10.1 Å². The van der Waals surface area contributed by atoms with Gasteiger partial charge in [-0.2, -0.15) is 0 Å². The maximum atomic E-state index is 12.9. The third-order valence-corrected chi connectivity index (χ3v) is 5.21. The predicted octanol–water partition coefficient (Wildman–Crippen LogP) is 2.38. The molecule has 1 aliphatic carbocycles. The normalized spacial score (nSPS) is 26.6. The van der Waals surface area contributed by atoms with Crippen LogP contribution in [0.15, 0.2) is 24.3 Å². The number of imide groups is 1. The lowest BCUT2D eigenvalue weighted by Crippen LogP contribution is -2.54. The lowest BCUT2D eigenvalue weighted by molar-refractivity contribution is -0.133. The van der Waals surface area contributed by atoms with E-state index >= 15 is 0 Å². The fourth-order valence-corrected chi connectivity index (χ4v) is 3.74. The van der Waals surface area contributed by atoms with Gasteiger partial charge in [-0.05, 0) is 30.9 Å². The summed E-state index contributed by atoms with van der Waals surface area (Å²) in [6.45, 7) is 1.72. The Kier molecular flexibility index (Phi) is 4.30. The molecule has 3 rings (SSSR count). The minimum Gasteiger partial charge on any atom is -0.496 e. The summed E-state index contributed by atoms with van der Waals surface area (Å²) in [6.07, 6.45) is 3.51. The number of hydrogen-bond acceptors (Lipinski definition) is 4. The first-order chi connectivity index (χ1) is 11.5. The molecule has 2 atom stereocenters. The van der Waals surface area contributed by atoms with Crippen LogP contribution in [0.3, 0.4) is 0 Å². The lowest BCUT2D eigenvalue weighted by atomic mass is 9.73. The molecule has 1 saturated carbocycles. The molecule has 1 aromatic carbocycles. The zero-order chi connectivity index (χ0) is 17.3. The molecular formula is C18H22N2O4. The van der Waals surface area contributed by atoms with Gasteiger partial charge in [-0.1, -0.05) is 31.9 Å². The first-order valence-corrected chi connectivity index (χ1v) is 8.30. The largest absolute Gasteiger partial charge is 0.496 e. The lowest BCUT2D eigenvalue weighted by Gasteiger charge is -2.36. The maximum Gasteiger partial charge on any atom is 0.325 e. The molecule has 0 bridgehead atoms. The molecule has 6 heteroatoms. The van der Waals surface area contributed by atoms with Crippen molar-refractivity contribution in [3.8, 4) is 5.75 Å². The highest BCUT2D eigenvalue weighted by Crippen LogP contribution is 2.38. The highest BCUT2D eigenvalue weighted by Gasteiger charge is 2.55. The fourth-order valence-electron chi connectivity index (χ4n) is 3.74. The van der Waals surface area contributed by atoms with Crippen molar-refractivity contribution in [2.75, 3.05) is 13.7 Å². The number of ether oxygens (including phenoxy) is 1. The van der Waals surface area contributed by atoms with Gasteiger partial charge >= 0.3 is 6.03 Å². The Balaban J connectivity index is 1.81. The van der Waals surface area contributed by atoms with E-state index < -0.39 is 11.6 Å². The number of hydrogen-bond donors (Lipinski definition) is 1. The molecule has 2 aliphatic rings. The van der Waals surface area contributed by atoms with Crippen LogP contribution >= 0.6 is 0 Å². The minimum atomic E-state index is -0.837. The molecule has 0 radical (unpaired) electrons. The monoisotopic (exact) mass is 330 g/mol. The minimum absolute atomic E-state index is 0.0778. The number of para-hydroxylation sites is 1. The van der Waals surface area contributed by atoms with E-state index in [-0.39, 0.29) is 24.2 Å². The van der Waals surface area contributed by atoms with Crippen molar-refractivity contribution in [3.05, 3.63) is 29.8 Å². The molecule has 0 unspecified atom stereocenters. The van der Waals surface area contributed by atoms with Gasteiger partial charge in [0.25, 0.3) is 5.91 Å². The van der Waals surface area contributed by atoms with Crippen molar-refractivity contribution in [2.24, 2.45) is 5.92 Å². The van der Waals surface area contributed by atoms with E-state index in [1.54, 1.807) is 24.3 Å². The number of nitrogens with zero attached hydrogens (tertiary/aromatic N) is 1. The Hall–Kier alpha value is -2.37. The van der Waals surface area contributed by atoms with E-state index in [4.69, 9.17) is 4.74 Å². The summed E-state index contributed by atoms with van der Waals surface area (Å²) in [4.78, 5) is 38.8. The number of nitrogens with one attached hydrogen (secondary N) is 1. The van der Waals surface area contributed by atoms with Crippen LogP contribution in [0.25, 0.3) is 0 Å². The smallest absolute Gasteiger partial charge is 0.325 e. The van der Waals surface area contributed by atoms with Crippen molar-refractivity contribution in [3.63, 3.8) is 0 Å². The van der Waals surface area contributed by atoms with Crippen molar-refractivity contribution in [1.82, 2.24) is 10.2 Å². The van der Waals surface area contributed by atoms with Gasteiger partial charge in [-0.25, -0.2) is 4.79 Å². The van der Waals surface area contributed by atoms with Crippen LogP contribution in [-0.2, 0) is 4.79 Å². The molecule has 1 N–H and O–H groups in total. The highest BCUT2D eigenvalue weighted by atomic mass is 16.5. The molecule has 2 fully saturated rings. The number of amides is 3. The average Bonchev–Trinajstić information content (AvgIpc) is 2.82.